The SMILES string of the molecule is CC(C)(C)[S@@](=O)[C@@]1(N2CCCC2)C=CC=CC1=S. The fourth-order valence-electron chi connectivity index (χ4n) is 2.58. The van der Waals surface area contributed by atoms with E-state index >= 15 is 0 Å². The molecule has 0 aromatic heterocycles. The molecule has 1 heterocycles. The van der Waals surface area contributed by atoms with Crippen LogP contribution in [0.15, 0.2) is 24.3 Å². The fourth-order valence-corrected chi connectivity index (χ4v) is 4.88. The molecule has 2 nitrogen and oxygen atoms in total. The first-order valence-corrected chi connectivity index (χ1v) is 8.02. The summed E-state index contributed by atoms with van der Waals surface area (Å²) in [7, 11) is -1.06. The second-order valence-electron chi connectivity index (χ2n) is 5.85. The normalized spacial score (nSPS) is 30.9. The molecule has 0 radical (unpaired) electrons. The Morgan fingerprint density at radius 3 is 2.39 bits per heavy atom. The molecule has 0 N–H and O–H groups in total. The monoisotopic (exact) mass is 283 g/mol. The Kier molecular flexibility index (Phi) is 3.90. The van der Waals surface area contributed by atoms with E-state index in [1.165, 1.54) is 12.8 Å². The fraction of sp³-hybridized carbons (Fsp3) is 0.643. The summed E-state index contributed by atoms with van der Waals surface area (Å²) in [5, 5.41) is 0. The minimum absolute atomic E-state index is 0.276. The Bertz CT molecular complexity index is 428. The van der Waals surface area contributed by atoms with Crippen molar-refractivity contribution in [3.63, 3.8) is 0 Å². The molecule has 0 saturated carbocycles. The zero-order valence-electron chi connectivity index (χ0n) is 11.3. The van der Waals surface area contributed by atoms with Gasteiger partial charge in [-0.05, 0) is 45.8 Å². The van der Waals surface area contributed by atoms with Gasteiger partial charge in [0.2, 0.25) is 0 Å². The maximum Gasteiger partial charge on any atom is 0.152 e. The Morgan fingerprint density at radius 1 is 1.28 bits per heavy atom. The second-order valence-corrected chi connectivity index (χ2v) is 8.68. The summed E-state index contributed by atoms with van der Waals surface area (Å²) in [6, 6.07) is 0. The third kappa shape index (κ3) is 2.26. The Morgan fingerprint density at radius 2 is 1.89 bits per heavy atom. The maximum absolute atomic E-state index is 13.0. The Hall–Kier alpha value is -0.320. The number of nitrogens with zero attached hydrogens (tertiary/aromatic N) is 1. The number of likely N-dealkylation sites (tertiary alicyclic amines) is 1. The van der Waals surface area contributed by atoms with Crippen LogP contribution in [0.1, 0.15) is 33.6 Å². The average Bonchev–Trinajstić information content (AvgIpc) is 2.82. The van der Waals surface area contributed by atoms with Gasteiger partial charge < -0.3 is 0 Å². The maximum atomic E-state index is 13.0. The van der Waals surface area contributed by atoms with Crippen LogP contribution in [0, 0.1) is 0 Å². The molecule has 4 heteroatoms. The van der Waals surface area contributed by atoms with E-state index in [1.54, 1.807) is 0 Å². The molecule has 1 saturated heterocycles. The van der Waals surface area contributed by atoms with E-state index in [4.69, 9.17) is 12.2 Å². The summed E-state index contributed by atoms with van der Waals surface area (Å²) < 4.78 is 12.8. The molecule has 1 aliphatic carbocycles. The van der Waals surface area contributed by atoms with Crippen LogP contribution in [0.4, 0.5) is 0 Å². The van der Waals surface area contributed by atoms with Crippen LogP contribution in [0.2, 0.25) is 0 Å². The molecule has 0 amide bonds. The second kappa shape index (κ2) is 4.99. The van der Waals surface area contributed by atoms with Gasteiger partial charge in [0, 0.05) is 17.8 Å². The van der Waals surface area contributed by atoms with Crippen LogP contribution < -0.4 is 0 Å². The van der Waals surface area contributed by atoms with Gasteiger partial charge in [0.1, 0.15) is 0 Å². The van der Waals surface area contributed by atoms with Gasteiger partial charge in [-0.3, -0.25) is 9.11 Å². The van der Waals surface area contributed by atoms with Crippen LogP contribution in [0.3, 0.4) is 0 Å². The summed E-state index contributed by atoms with van der Waals surface area (Å²) in [4.78, 5) is 2.52. The lowest BCUT2D eigenvalue weighted by molar-refractivity contribution is 0.304. The van der Waals surface area contributed by atoms with E-state index in [0.717, 1.165) is 18.0 Å². The van der Waals surface area contributed by atoms with E-state index in [0.29, 0.717) is 0 Å². The van der Waals surface area contributed by atoms with Crippen LogP contribution >= 0.6 is 12.2 Å². The van der Waals surface area contributed by atoms with Crippen molar-refractivity contribution < 1.29 is 4.21 Å². The highest BCUT2D eigenvalue weighted by molar-refractivity contribution is 7.91. The minimum Gasteiger partial charge on any atom is -0.279 e. The zero-order valence-corrected chi connectivity index (χ0v) is 12.9. The molecular weight excluding hydrogens is 262 g/mol. The van der Waals surface area contributed by atoms with Gasteiger partial charge in [-0.1, -0.05) is 24.4 Å². The van der Waals surface area contributed by atoms with E-state index in [-0.39, 0.29) is 4.75 Å². The highest BCUT2D eigenvalue weighted by Gasteiger charge is 2.48. The smallest absolute Gasteiger partial charge is 0.152 e. The predicted molar refractivity (Wildman–Crippen MR) is 82.3 cm³/mol. The van der Waals surface area contributed by atoms with Crippen molar-refractivity contribution >= 4 is 27.9 Å². The van der Waals surface area contributed by atoms with Gasteiger partial charge in [0.05, 0.1) is 15.7 Å². The number of allylic oxidation sites excluding steroid dienone is 2. The van der Waals surface area contributed by atoms with Crippen molar-refractivity contribution in [2.45, 2.75) is 43.2 Å². The highest BCUT2D eigenvalue weighted by atomic mass is 32.2. The molecule has 0 bridgehead atoms. The zero-order chi connectivity index (χ0) is 13.4. The van der Waals surface area contributed by atoms with E-state index in [1.807, 2.05) is 45.1 Å². The third-order valence-electron chi connectivity index (χ3n) is 3.45. The quantitative estimate of drug-likeness (QED) is 0.727. The summed E-state index contributed by atoms with van der Waals surface area (Å²) >= 11 is 5.55. The van der Waals surface area contributed by atoms with Crippen LogP contribution in [-0.4, -0.2) is 36.7 Å². The highest BCUT2D eigenvalue weighted by Crippen LogP contribution is 2.36. The largest absolute Gasteiger partial charge is 0.279 e. The number of rotatable bonds is 2. The van der Waals surface area contributed by atoms with Crippen molar-refractivity contribution in [1.82, 2.24) is 4.90 Å². The van der Waals surface area contributed by atoms with Gasteiger partial charge >= 0.3 is 0 Å². The third-order valence-corrected chi connectivity index (χ3v) is 6.32. The number of hydrogen-bond acceptors (Lipinski definition) is 3. The Labute approximate surface area is 118 Å². The number of hydrogen-bond donors (Lipinski definition) is 0. The standard InChI is InChI=1S/C14H21NOS2/c1-13(2,3)18(16)14(15-10-6-7-11-15)9-5-4-8-12(14)17/h4-5,8-9H,6-7,10-11H2,1-3H3/t14-,18+/m0/s1. The van der Waals surface area contributed by atoms with Crippen LogP contribution in [-0.2, 0) is 10.8 Å². The molecule has 1 aliphatic heterocycles. The molecule has 0 unspecified atom stereocenters. The van der Waals surface area contributed by atoms with E-state index in [9.17, 15) is 4.21 Å². The minimum atomic E-state index is -1.06. The molecule has 0 spiro atoms. The van der Waals surface area contributed by atoms with Crippen molar-refractivity contribution in [3.05, 3.63) is 24.3 Å². The predicted octanol–water partition coefficient (Wildman–Crippen LogP) is 2.82. The first kappa shape index (κ1) is 14.1. The summed E-state index contributed by atoms with van der Waals surface area (Å²) in [6.45, 7) is 8.04. The van der Waals surface area contributed by atoms with Crippen molar-refractivity contribution in [1.29, 1.82) is 0 Å². The molecular formula is C14H21NOS2. The molecule has 2 rings (SSSR count). The van der Waals surface area contributed by atoms with Gasteiger partial charge in [-0.2, -0.15) is 0 Å². The summed E-state index contributed by atoms with van der Waals surface area (Å²) in [6.07, 6.45) is 10.2. The molecule has 100 valence electrons. The van der Waals surface area contributed by atoms with Crippen LogP contribution in [0.5, 0.6) is 0 Å². The summed E-state index contributed by atoms with van der Waals surface area (Å²) in [5.74, 6) is 0. The Balaban J connectivity index is 2.46. The lowest BCUT2D eigenvalue weighted by atomic mass is 10.1. The molecule has 2 atom stereocenters. The van der Waals surface area contributed by atoms with Gasteiger partial charge in [0.15, 0.2) is 4.87 Å². The first-order chi connectivity index (χ1) is 8.39. The summed E-state index contributed by atoms with van der Waals surface area (Å²) in [5.41, 5.74) is 0. The molecule has 1 fully saturated rings. The molecule has 18 heavy (non-hydrogen) atoms. The molecule has 0 aromatic rings. The van der Waals surface area contributed by atoms with Gasteiger partial charge in [-0.15, -0.1) is 0 Å². The van der Waals surface area contributed by atoms with Gasteiger partial charge in [0.25, 0.3) is 0 Å². The van der Waals surface area contributed by atoms with Crippen molar-refractivity contribution in [2.75, 3.05) is 13.1 Å². The first-order valence-electron chi connectivity index (χ1n) is 6.46. The van der Waals surface area contributed by atoms with E-state index in [2.05, 4.69) is 4.90 Å². The topological polar surface area (TPSA) is 20.3 Å². The lowest BCUT2D eigenvalue weighted by Gasteiger charge is -2.43. The van der Waals surface area contributed by atoms with Gasteiger partial charge in [-0.25, -0.2) is 0 Å². The lowest BCUT2D eigenvalue weighted by Crippen LogP contribution is -2.58. The van der Waals surface area contributed by atoms with Crippen molar-refractivity contribution in [2.24, 2.45) is 0 Å². The van der Waals surface area contributed by atoms with E-state index < -0.39 is 15.7 Å². The number of thiocarbonyl (C=S) groups is 1. The average molecular weight is 283 g/mol. The van der Waals surface area contributed by atoms with Crippen molar-refractivity contribution in [3.8, 4) is 0 Å². The molecule has 2 aliphatic rings. The van der Waals surface area contributed by atoms with Crippen LogP contribution in [0.25, 0.3) is 0 Å². The molecule has 0 aromatic carbocycles.